The maximum absolute atomic E-state index is 12.6. The molecule has 1 spiro atoms. The first kappa shape index (κ1) is 15.7. The Morgan fingerprint density at radius 1 is 1.30 bits per heavy atom. The van der Waals surface area contributed by atoms with Crippen LogP contribution in [0.3, 0.4) is 0 Å². The second kappa shape index (κ2) is 5.94. The summed E-state index contributed by atoms with van der Waals surface area (Å²) in [5, 5.41) is 8.86. The first-order valence-corrected chi connectivity index (χ1v) is 10.6. The SMILES string of the molecule is O=S(=O)(C1CC1)N1CCC[C@]2(COCCN(c3nncs3)C2)C1. The molecule has 0 unspecified atom stereocenters. The monoisotopic (exact) mass is 358 g/mol. The second-order valence-electron chi connectivity index (χ2n) is 6.88. The highest BCUT2D eigenvalue weighted by molar-refractivity contribution is 7.90. The van der Waals surface area contributed by atoms with E-state index in [4.69, 9.17) is 4.74 Å². The number of rotatable bonds is 3. The van der Waals surface area contributed by atoms with Crippen molar-refractivity contribution in [3.63, 3.8) is 0 Å². The van der Waals surface area contributed by atoms with Crippen LogP contribution in [0, 0.1) is 5.41 Å². The summed E-state index contributed by atoms with van der Waals surface area (Å²) in [5.41, 5.74) is 1.60. The topological polar surface area (TPSA) is 75.6 Å². The molecule has 128 valence electrons. The fraction of sp³-hybridized carbons (Fsp3) is 0.857. The lowest BCUT2D eigenvalue weighted by Gasteiger charge is -2.42. The van der Waals surface area contributed by atoms with Gasteiger partial charge in [-0.25, -0.2) is 12.7 Å². The van der Waals surface area contributed by atoms with Gasteiger partial charge in [0, 0.05) is 31.6 Å². The summed E-state index contributed by atoms with van der Waals surface area (Å²) in [4.78, 5) is 2.21. The molecule has 9 heteroatoms. The van der Waals surface area contributed by atoms with Crippen LogP contribution in [0.15, 0.2) is 5.51 Å². The quantitative estimate of drug-likeness (QED) is 0.801. The van der Waals surface area contributed by atoms with Gasteiger partial charge in [-0.05, 0) is 25.7 Å². The number of hydrogen-bond acceptors (Lipinski definition) is 7. The lowest BCUT2D eigenvalue weighted by molar-refractivity contribution is 0.0350. The van der Waals surface area contributed by atoms with Gasteiger partial charge in [0.25, 0.3) is 0 Å². The molecule has 1 saturated carbocycles. The van der Waals surface area contributed by atoms with Crippen molar-refractivity contribution in [1.82, 2.24) is 14.5 Å². The van der Waals surface area contributed by atoms with Gasteiger partial charge in [-0.15, -0.1) is 10.2 Å². The third-order valence-corrected chi connectivity index (χ3v) is 8.09. The zero-order valence-corrected chi connectivity index (χ0v) is 14.7. The zero-order valence-electron chi connectivity index (χ0n) is 13.1. The smallest absolute Gasteiger partial charge is 0.217 e. The van der Waals surface area contributed by atoms with E-state index in [1.165, 1.54) is 11.3 Å². The highest BCUT2D eigenvalue weighted by Crippen LogP contribution is 2.39. The van der Waals surface area contributed by atoms with Crippen molar-refractivity contribution in [3.8, 4) is 0 Å². The highest BCUT2D eigenvalue weighted by atomic mass is 32.2. The summed E-state index contributed by atoms with van der Waals surface area (Å²) in [7, 11) is -3.11. The first-order chi connectivity index (χ1) is 11.1. The predicted octanol–water partition coefficient (Wildman–Crippen LogP) is 0.949. The summed E-state index contributed by atoms with van der Waals surface area (Å²) in [6, 6.07) is 0. The normalized spacial score (nSPS) is 30.5. The van der Waals surface area contributed by atoms with E-state index in [0.29, 0.717) is 26.3 Å². The summed E-state index contributed by atoms with van der Waals surface area (Å²) < 4.78 is 32.8. The Bertz CT molecular complexity index is 647. The number of aromatic nitrogens is 2. The molecule has 0 radical (unpaired) electrons. The molecule has 3 aliphatic rings. The molecule has 7 nitrogen and oxygen atoms in total. The van der Waals surface area contributed by atoms with E-state index in [1.54, 1.807) is 9.82 Å². The minimum Gasteiger partial charge on any atom is -0.379 e. The average Bonchev–Trinajstić information content (AvgIpc) is 3.31. The molecule has 1 atom stereocenters. The summed E-state index contributed by atoms with van der Waals surface area (Å²) in [6.07, 6.45) is 3.54. The van der Waals surface area contributed by atoms with Gasteiger partial charge in [-0.2, -0.15) is 0 Å². The Balaban J connectivity index is 1.55. The van der Waals surface area contributed by atoms with Gasteiger partial charge < -0.3 is 9.64 Å². The van der Waals surface area contributed by atoms with Crippen LogP contribution in [0.25, 0.3) is 0 Å². The van der Waals surface area contributed by atoms with Crippen molar-refractivity contribution < 1.29 is 13.2 Å². The molecular formula is C14H22N4O3S2. The molecule has 1 aromatic rings. The molecular weight excluding hydrogens is 336 g/mol. The standard InChI is InChI=1S/C14H22N4O3S2/c19-23(20,12-2-3-12)18-5-1-4-14(9-18)8-17(6-7-21-10-14)13-16-15-11-22-13/h11-12H,1-10H2/t14-/m1/s1. The van der Waals surface area contributed by atoms with Crippen LogP contribution in [-0.2, 0) is 14.8 Å². The van der Waals surface area contributed by atoms with Crippen molar-refractivity contribution in [3.05, 3.63) is 5.51 Å². The Hall–Kier alpha value is -0.770. The number of sulfonamides is 1. The van der Waals surface area contributed by atoms with Crippen LogP contribution in [0.1, 0.15) is 25.7 Å². The third-order valence-electron chi connectivity index (χ3n) is 4.99. The van der Waals surface area contributed by atoms with Crippen molar-refractivity contribution in [1.29, 1.82) is 0 Å². The van der Waals surface area contributed by atoms with Crippen molar-refractivity contribution in [2.45, 2.75) is 30.9 Å². The van der Waals surface area contributed by atoms with E-state index < -0.39 is 10.0 Å². The summed E-state index contributed by atoms with van der Waals surface area (Å²) >= 11 is 1.52. The number of nitrogens with zero attached hydrogens (tertiary/aromatic N) is 4. The third kappa shape index (κ3) is 3.11. The van der Waals surface area contributed by atoms with Crippen LogP contribution >= 0.6 is 11.3 Å². The average molecular weight is 358 g/mol. The fourth-order valence-electron chi connectivity index (χ4n) is 3.66. The van der Waals surface area contributed by atoms with Crippen LogP contribution in [0.4, 0.5) is 5.13 Å². The fourth-order valence-corrected chi connectivity index (χ4v) is 6.24. The maximum Gasteiger partial charge on any atom is 0.217 e. The summed E-state index contributed by atoms with van der Waals surface area (Å²) in [6.45, 7) is 4.07. The van der Waals surface area contributed by atoms with Crippen molar-refractivity contribution in [2.75, 3.05) is 44.3 Å². The molecule has 3 heterocycles. The van der Waals surface area contributed by atoms with E-state index >= 15 is 0 Å². The van der Waals surface area contributed by atoms with E-state index in [9.17, 15) is 8.42 Å². The van der Waals surface area contributed by atoms with Crippen molar-refractivity contribution >= 4 is 26.5 Å². The van der Waals surface area contributed by atoms with Crippen LogP contribution in [0.2, 0.25) is 0 Å². The van der Waals surface area contributed by atoms with E-state index in [1.807, 2.05) is 0 Å². The summed E-state index contributed by atoms with van der Waals surface area (Å²) in [5.74, 6) is 0. The molecule has 3 fully saturated rings. The Morgan fingerprint density at radius 2 is 2.17 bits per heavy atom. The van der Waals surface area contributed by atoms with Crippen LogP contribution in [-0.4, -0.2) is 67.6 Å². The molecule has 1 aliphatic carbocycles. The van der Waals surface area contributed by atoms with E-state index in [0.717, 1.165) is 43.9 Å². The van der Waals surface area contributed by atoms with Crippen LogP contribution in [0.5, 0.6) is 0 Å². The minimum absolute atomic E-state index is 0.136. The Labute approximate surface area is 140 Å². The number of hydrogen-bond donors (Lipinski definition) is 0. The lowest BCUT2D eigenvalue weighted by atomic mass is 9.81. The minimum atomic E-state index is -3.11. The molecule has 23 heavy (non-hydrogen) atoms. The molecule has 2 saturated heterocycles. The highest BCUT2D eigenvalue weighted by Gasteiger charge is 2.46. The van der Waals surface area contributed by atoms with Gasteiger partial charge in [0.15, 0.2) is 0 Å². The van der Waals surface area contributed by atoms with Gasteiger partial charge in [0.05, 0.1) is 18.5 Å². The molecule has 4 rings (SSSR count). The predicted molar refractivity (Wildman–Crippen MR) is 88.1 cm³/mol. The van der Waals surface area contributed by atoms with Gasteiger partial charge in [0.2, 0.25) is 15.2 Å². The zero-order chi connectivity index (χ0) is 15.9. The number of ether oxygens (including phenoxy) is 1. The van der Waals surface area contributed by atoms with Gasteiger partial charge in [-0.3, -0.25) is 0 Å². The number of piperidine rings is 1. The molecule has 0 amide bonds. The van der Waals surface area contributed by atoms with E-state index in [-0.39, 0.29) is 10.7 Å². The van der Waals surface area contributed by atoms with Crippen LogP contribution < -0.4 is 4.90 Å². The molecule has 1 aromatic heterocycles. The molecule has 0 bridgehead atoms. The Kier molecular flexibility index (Phi) is 4.07. The second-order valence-corrected chi connectivity index (χ2v) is 9.90. The Morgan fingerprint density at radius 3 is 2.91 bits per heavy atom. The van der Waals surface area contributed by atoms with Gasteiger partial charge >= 0.3 is 0 Å². The lowest BCUT2D eigenvalue weighted by Crippen LogP contribution is -2.52. The molecule has 0 aromatic carbocycles. The molecule has 2 aliphatic heterocycles. The number of anilines is 1. The molecule has 0 N–H and O–H groups in total. The first-order valence-electron chi connectivity index (χ1n) is 8.17. The van der Waals surface area contributed by atoms with E-state index in [2.05, 4.69) is 15.1 Å². The van der Waals surface area contributed by atoms with Crippen molar-refractivity contribution in [2.24, 2.45) is 5.41 Å². The largest absolute Gasteiger partial charge is 0.379 e. The van der Waals surface area contributed by atoms with Gasteiger partial charge in [-0.1, -0.05) is 11.3 Å². The maximum atomic E-state index is 12.6. The van der Waals surface area contributed by atoms with Gasteiger partial charge in [0.1, 0.15) is 5.51 Å².